The van der Waals surface area contributed by atoms with Crippen molar-refractivity contribution in [2.75, 3.05) is 20.3 Å². The van der Waals surface area contributed by atoms with Crippen LogP contribution in [-0.2, 0) is 24.5 Å². The monoisotopic (exact) mass is 529 g/mol. The summed E-state index contributed by atoms with van der Waals surface area (Å²) < 4.78 is 10.6. The average molecular weight is 530 g/mol. The Bertz CT molecular complexity index is 1200. The molecule has 0 bridgehead atoms. The van der Waals surface area contributed by atoms with Crippen molar-refractivity contribution in [1.82, 2.24) is 5.32 Å². The third-order valence-corrected chi connectivity index (χ3v) is 8.96. The number of ether oxygens (including phenoxy) is 2. The lowest BCUT2D eigenvalue weighted by Gasteiger charge is -2.35. The van der Waals surface area contributed by atoms with Crippen LogP contribution in [0.3, 0.4) is 0 Å². The molecule has 1 fully saturated rings. The Morgan fingerprint density at radius 3 is 2.33 bits per heavy atom. The molecule has 1 aliphatic heterocycles. The molecule has 2 aromatic rings. The Morgan fingerprint density at radius 2 is 1.72 bits per heavy atom. The van der Waals surface area contributed by atoms with Gasteiger partial charge in [-0.3, -0.25) is 9.59 Å². The predicted octanol–water partition coefficient (Wildman–Crippen LogP) is 6.54. The van der Waals surface area contributed by atoms with Crippen molar-refractivity contribution in [2.45, 2.75) is 57.9 Å². The number of carbonyl (C=O) groups is 2. The number of hydrogen-bond donors (Lipinski definition) is 1. The number of nitrogens with one attached hydrogen (secondary N) is 1. The minimum absolute atomic E-state index is 0.0251. The standard InChI is InChI=1S/C29H33Cl2NO4/c1-16-14-22-17(2)18(3)23(15-24(22)26(31)25(16)30)27(33)32-19(4)20-6-8-21(9-7-20)29(28(34)35-5)10-12-36-13-11-29/h6-9,14-15,17-19H,10-13H2,1-5H3,(H,32,33)/t17?,18?,19-/m1/s1. The van der Waals surface area contributed by atoms with Gasteiger partial charge in [0.05, 0.1) is 28.6 Å². The minimum Gasteiger partial charge on any atom is -0.468 e. The Morgan fingerprint density at radius 1 is 1.08 bits per heavy atom. The van der Waals surface area contributed by atoms with E-state index in [0.717, 1.165) is 27.8 Å². The van der Waals surface area contributed by atoms with Crippen LogP contribution >= 0.6 is 23.2 Å². The summed E-state index contributed by atoms with van der Waals surface area (Å²) in [6.45, 7) is 9.12. The molecule has 0 saturated carbocycles. The zero-order valence-electron chi connectivity index (χ0n) is 21.4. The SMILES string of the molecule is COC(=O)C1(c2ccc([C@@H](C)NC(=O)C3=Cc4c(cc(C)c(Cl)c4Cl)C(C)C3C)cc2)CCOCC1. The number of benzene rings is 2. The van der Waals surface area contributed by atoms with Gasteiger partial charge in [0.2, 0.25) is 5.91 Å². The smallest absolute Gasteiger partial charge is 0.316 e. The molecule has 3 atom stereocenters. The first-order chi connectivity index (χ1) is 17.1. The first-order valence-electron chi connectivity index (χ1n) is 12.4. The van der Waals surface area contributed by atoms with Crippen molar-refractivity contribution < 1.29 is 19.1 Å². The number of amides is 1. The van der Waals surface area contributed by atoms with E-state index in [0.29, 0.717) is 41.7 Å². The first kappa shape index (κ1) is 26.7. The van der Waals surface area contributed by atoms with E-state index in [1.54, 1.807) is 0 Å². The predicted molar refractivity (Wildman–Crippen MR) is 144 cm³/mol. The van der Waals surface area contributed by atoms with Crippen LogP contribution in [0.1, 0.15) is 73.4 Å². The molecule has 0 radical (unpaired) electrons. The maximum atomic E-state index is 13.4. The van der Waals surface area contributed by atoms with E-state index in [9.17, 15) is 9.59 Å². The second-order valence-electron chi connectivity index (χ2n) is 10.0. The quantitative estimate of drug-likeness (QED) is 0.446. The highest BCUT2D eigenvalue weighted by atomic mass is 35.5. The number of carbonyl (C=O) groups excluding carboxylic acids is 2. The number of esters is 1. The summed E-state index contributed by atoms with van der Waals surface area (Å²) in [4.78, 5) is 26.1. The van der Waals surface area contributed by atoms with Crippen molar-refractivity contribution in [3.8, 4) is 0 Å². The van der Waals surface area contributed by atoms with E-state index >= 15 is 0 Å². The summed E-state index contributed by atoms with van der Waals surface area (Å²) in [7, 11) is 1.42. The van der Waals surface area contributed by atoms with Gasteiger partial charge in [-0.2, -0.15) is 0 Å². The van der Waals surface area contributed by atoms with Crippen molar-refractivity contribution in [3.63, 3.8) is 0 Å². The summed E-state index contributed by atoms with van der Waals surface area (Å²) in [5, 5.41) is 4.16. The number of fused-ring (bicyclic) bond motifs is 1. The zero-order chi connectivity index (χ0) is 26.2. The van der Waals surface area contributed by atoms with Gasteiger partial charge in [0.15, 0.2) is 0 Å². The fraction of sp³-hybridized carbons (Fsp3) is 0.448. The topological polar surface area (TPSA) is 64.6 Å². The van der Waals surface area contributed by atoms with Gasteiger partial charge >= 0.3 is 5.97 Å². The molecule has 1 saturated heterocycles. The number of rotatable bonds is 5. The number of hydrogen-bond acceptors (Lipinski definition) is 4. The maximum Gasteiger partial charge on any atom is 0.316 e. The van der Waals surface area contributed by atoms with Crippen LogP contribution in [0.15, 0.2) is 35.9 Å². The summed E-state index contributed by atoms with van der Waals surface area (Å²) in [5.41, 5.74) is 4.73. The number of methoxy groups -OCH3 is 1. The van der Waals surface area contributed by atoms with Crippen molar-refractivity contribution >= 4 is 41.2 Å². The van der Waals surface area contributed by atoms with E-state index in [-0.39, 0.29) is 29.8 Å². The molecule has 36 heavy (non-hydrogen) atoms. The fourth-order valence-corrected chi connectivity index (χ4v) is 5.86. The van der Waals surface area contributed by atoms with Crippen molar-refractivity contribution in [3.05, 3.63) is 73.8 Å². The van der Waals surface area contributed by atoms with Gasteiger partial charge in [-0.1, -0.05) is 67.4 Å². The van der Waals surface area contributed by atoms with Gasteiger partial charge in [0.25, 0.3) is 0 Å². The summed E-state index contributed by atoms with van der Waals surface area (Å²) in [6.07, 6.45) is 3.05. The highest BCUT2D eigenvalue weighted by Gasteiger charge is 2.43. The molecule has 192 valence electrons. The van der Waals surface area contributed by atoms with E-state index in [1.807, 2.05) is 44.2 Å². The van der Waals surface area contributed by atoms with E-state index < -0.39 is 5.41 Å². The molecule has 2 aliphatic rings. The van der Waals surface area contributed by atoms with Gasteiger partial charge < -0.3 is 14.8 Å². The Balaban J connectivity index is 1.56. The normalized spacial score (nSPS) is 21.7. The lowest BCUT2D eigenvalue weighted by Crippen LogP contribution is -2.42. The molecule has 2 aromatic carbocycles. The van der Waals surface area contributed by atoms with Crippen LogP contribution in [0, 0.1) is 12.8 Å². The molecule has 1 heterocycles. The molecule has 7 heteroatoms. The van der Waals surface area contributed by atoms with Crippen molar-refractivity contribution in [2.24, 2.45) is 5.92 Å². The molecule has 1 aliphatic carbocycles. The first-order valence-corrected chi connectivity index (χ1v) is 13.1. The van der Waals surface area contributed by atoms with Gasteiger partial charge in [0.1, 0.15) is 0 Å². The summed E-state index contributed by atoms with van der Waals surface area (Å²) in [6, 6.07) is 9.71. The maximum absolute atomic E-state index is 13.4. The lowest BCUT2D eigenvalue weighted by atomic mass is 9.74. The van der Waals surface area contributed by atoms with E-state index in [4.69, 9.17) is 32.7 Å². The molecular formula is C29H33Cl2NO4. The van der Waals surface area contributed by atoms with Crippen LogP contribution < -0.4 is 5.32 Å². The Hall–Kier alpha value is -2.34. The molecular weight excluding hydrogens is 497 g/mol. The number of halogens is 2. The van der Waals surface area contributed by atoms with Crippen LogP contribution in [-0.4, -0.2) is 32.2 Å². The minimum atomic E-state index is -0.692. The van der Waals surface area contributed by atoms with E-state index in [1.165, 1.54) is 7.11 Å². The zero-order valence-corrected chi connectivity index (χ0v) is 22.9. The lowest BCUT2D eigenvalue weighted by molar-refractivity contribution is -0.151. The second-order valence-corrected chi connectivity index (χ2v) is 10.8. The van der Waals surface area contributed by atoms with Gasteiger partial charge in [-0.25, -0.2) is 0 Å². The molecule has 1 amide bonds. The van der Waals surface area contributed by atoms with Crippen LogP contribution in [0.2, 0.25) is 10.0 Å². The Kier molecular flexibility index (Phi) is 7.84. The largest absolute Gasteiger partial charge is 0.468 e. The fourth-order valence-electron chi connectivity index (χ4n) is 5.39. The molecule has 4 rings (SSSR count). The highest BCUT2D eigenvalue weighted by Crippen LogP contribution is 2.44. The van der Waals surface area contributed by atoms with Gasteiger partial charge in [-0.15, -0.1) is 0 Å². The van der Waals surface area contributed by atoms with Gasteiger partial charge in [-0.05, 0) is 72.4 Å². The van der Waals surface area contributed by atoms with Gasteiger partial charge in [0, 0.05) is 18.8 Å². The molecule has 5 nitrogen and oxygen atoms in total. The van der Waals surface area contributed by atoms with Crippen LogP contribution in [0.4, 0.5) is 0 Å². The molecule has 1 N–H and O–H groups in total. The third-order valence-electron chi connectivity index (χ3n) is 7.98. The Labute approximate surface area is 223 Å². The second kappa shape index (κ2) is 10.6. The summed E-state index contributed by atoms with van der Waals surface area (Å²) in [5.74, 6) is -0.207. The molecule has 0 aromatic heterocycles. The number of aryl methyl sites for hydroxylation is 1. The van der Waals surface area contributed by atoms with Crippen LogP contribution in [0.25, 0.3) is 6.08 Å². The highest BCUT2D eigenvalue weighted by molar-refractivity contribution is 6.43. The van der Waals surface area contributed by atoms with Crippen LogP contribution in [0.5, 0.6) is 0 Å². The molecule has 0 spiro atoms. The molecule has 2 unspecified atom stereocenters. The average Bonchev–Trinajstić information content (AvgIpc) is 2.89. The summed E-state index contributed by atoms with van der Waals surface area (Å²) >= 11 is 13.0. The van der Waals surface area contributed by atoms with Crippen molar-refractivity contribution in [1.29, 1.82) is 0 Å². The third kappa shape index (κ3) is 4.69. The van der Waals surface area contributed by atoms with E-state index in [2.05, 4.69) is 25.2 Å².